The first kappa shape index (κ1) is 17.5. The third-order valence-corrected chi connectivity index (χ3v) is 4.15. The SMILES string of the molecule is CCCNC(=O)CNS(=O)(=O)Cc1ccc(C(N)=S)cc1. The standard InChI is InChI=1S/C13H19N3O3S2/c1-2-7-15-12(17)8-16-21(18,19)9-10-3-5-11(6-4-10)13(14)20/h3-6,16H,2,7-9H2,1H3,(H2,14,20)(H,15,17). The van der Waals surface area contributed by atoms with E-state index >= 15 is 0 Å². The van der Waals surface area contributed by atoms with Gasteiger partial charge in [0.25, 0.3) is 0 Å². The molecule has 0 aliphatic heterocycles. The Balaban J connectivity index is 2.56. The first-order chi connectivity index (χ1) is 9.84. The van der Waals surface area contributed by atoms with E-state index in [1.165, 1.54) is 0 Å². The Hall–Kier alpha value is -1.51. The summed E-state index contributed by atoms with van der Waals surface area (Å²) in [4.78, 5) is 11.6. The van der Waals surface area contributed by atoms with Crippen LogP contribution in [0.15, 0.2) is 24.3 Å². The molecule has 21 heavy (non-hydrogen) atoms. The van der Waals surface area contributed by atoms with Crippen LogP contribution in [0.2, 0.25) is 0 Å². The normalized spacial score (nSPS) is 11.1. The molecule has 4 N–H and O–H groups in total. The minimum atomic E-state index is -3.56. The number of sulfonamides is 1. The lowest BCUT2D eigenvalue weighted by Crippen LogP contribution is -2.37. The molecule has 0 atom stereocenters. The van der Waals surface area contributed by atoms with Crippen molar-refractivity contribution >= 4 is 33.1 Å². The molecule has 116 valence electrons. The van der Waals surface area contributed by atoms with Crippen LogP contribution in [0.4, 0.5) is 0 Å². The number of carbonyl (C=O) groups excluding carboxylic acids is 1. The second-order valence-electron chi connectivity index (χ2n) is 4.49. The van der Waals surface area contributed by atoms with Crippen molar-refractivity contribution in [2.75, 3.05) is 13.1 Å². The Labute approximate surface area is 130 Å². The fraction of sp³-hybridized carbons (Fsp3) is 0.385. The minimum absolute atomic E-state index is 0.203. The highest BCUT2D eigenvalue weighted by molar-refractivity contribution is 7.88. The van der Waals surface area contributed by atoms with Gasteiger partial charge in [-0.15, -0.1) is 0 Å². The molecule has 1 rings (SSSR count). The van der Waals surface area contributed by atoms with E-state index < -0.39 is 10.0 Å². The fourth-order valence-electron chi connectivity index (χ4n) is 1.54. The summed E-state index contributed by atoms with van der Waals surface area (Å²) in [5, 5.41) is 2.59. The first-order valence-electron chi connectivity index (χ1n) is 6.47. The second-order valence-corrected chi connectivity index (χ2v) is 6.74. The van der Waals surface area contributed by atoms with Crippen molar-refractivity contribution in [3.63, 3.8) is 0 Å². The smallest absolute Gasteiger partial charge is 0.235 e. The van der Waals surface area contributed by atoms with Gasteiger partial charge >= 0.3 is 0 Å². The van der Waals surface area contributed by atoms with Crippen molar-refractivity contribution in [1.29, 1.82) is 0 Å². The highest BCUT2D eigenvalue weighted by Gasteiger charge is 2.13. The fourth-order valence-corrected chi connectivity index (χ4v) is 2.76. The molecule has 8 heteroatoms. The lowest BCUT2D eigenvalue weighted by Gasteiger charge is -2.08. The van der Waals surface area contributed by atoms with Crippen molar-refractivity contribution in [2.45, 2.75) is 19.1 Å². The molecule has 0 radical (unpaired) electrons. The molecular formula is C13H19N3O3S2. The first-order valence-corrected chi connectivity index (χ1v) is 8.53. The monoisotopic (exact) mass is 329 g/mol. The Morgan fingerprint density at radius 3 is 2.43 bits per heavy atom. The zero-order valence-corrected chi connectivity index (χ0v) is 13.4. The maximum Gasteiger partial charge on any atom is 0.235 e. The van der Waals surface area contributed by atoms with E-state index in [-0.39, 0.29) is 23.2 Å². The average Bonchev–Trinajstić information content (AvgIpc) is 2.43. The summed E-state index contributed by atoms with van der Waals surface area (Å²) < 4.78 is 26.0. The van der Waals surface area contributed by atoms with Crippen LogP contribution in [0.1, 0.15) is 24.5 Å². The Kier molecular flexibility index (Phi) is 6.73. The lowest BCUT2D eigenvalue weighted by atomic mass is 10.1. The van der Waals surface area contributed by atoms with Gasteiger partial charge < -0.3 is 11.1 Å². The summed E-state index contributed by atoms with van der Waals surface area (Å²) in [6.07, 6.45) is 0.799. The molecule has 0 saturated carbocycles. The maximum atomic E-state index is 11.9. The van der Waals surface area contributed by atoms with E-state index in [4.69, 9.17) is 18.0 Å². The largest absolute Gasteiger partial charge is 0.389 e. The molecule has 0 aliphatic carbocycles. The van der Waals surface area contributed by atoms with E-state index in [0.29, 0.717) is 17.7 Å². The van der Waals surface area contributed by atoms with Crippen molar-refractivity contribution in [3.05, 3.63) is 35.4 Å². The summed E-state index contributed by atoms with van der Waals surface area (Å²) in [7, 11) is -3.56. The van der Waals surface area contributed by atoms with E-state index in [2.05, 4.69) is 10.0 Å². The maximum absolute atomic E-state index is 11.9. The predicted octanol–water partition coefficient (Wildman–Crippen LogP) is 0.266. The average molecular weight is 329 g/mol. The van der Waals surface area contributed by atoms with Gasteiger partial charge in [-0.05, 0) is 12.0 Å². The van der Waals surface area contributed by atoms with Crippen LogP contribution in [-0.2, 0) is 20.6 Å². The number of nitrogens with two attached hydrogens (primary N) is 1. The van der Waals surface area contributed by atoms with E-state index in [1.54, 1.807) is 24.3 Å². The Bertz CT molecular complexity index is 598. The third-order valence-electron chi connectivity index (χ3n) is 2.62. The van der Waals surface area contributed by atoms with Gasteiger partial charge in [0.1, 0.15) is 4.99 Å². The molecule has 1 aromatic carbocycles. The third kappa shape index (κ3) is 6.65. The van der Waals surface area contributed by atoms with Gasteiger partial charge in [-0.3, -0.25) is 4.79 Å². The van der Waals surface area contributed by atoms with Gasteiger partial charge in [-0.25, -0.2) is 13.1 Å². The number of amides is 1. The summed E-state index contributed by atoms with van der Waals surface area (Å²) >= 11 is 4.82. The van der Waals surface area contributed by atoms with E-state index in [0.717, 1.165) is 6.42 Å². The van der Waals surface area contributed by atoms with Crippen molar-refractivity contribution in [1.82, 2.24) is 10.0 Å². The lowest BCUT2D eigenvalue weighted by molar-refractivity contribution is -0.119. The number of hydrogen-bond donors (Lipinski definition) is 3. The molecule has 1 aromatic rings. The number of thiocarbonyl (C=S) groups is 1. The van der Waals surface area contributed by atoms with Crippen LogP contribution in [0.3, 0.4) is 0 Å². The molecule has 0 heterocycles. The van der Waals surface area contributed by atoms with Crippen LogP contribution < -0.4 is 15.8 Å². The minimum Gasteiger partial charge on any atom is -0.389 e. The summed E-state index contributed by atoms with van der Waals surface area (Å²) in [6.45, 7) is 2.19. The predicted molar refractivity (Wildman–Crippen MR) is 86.3 cm³/mol. The van der Waals surface area contributed by atoms with Crippen LogP contribution in [0.5, 0.6) is 0 Å². The van der Waals surface area contributed by atoms with Gasteiger partial charge in [0.2, 0.25) is 15.9 Å². The molecule has 0 bridgehead atoms. The number of hydrogen-bond acceptors (Lipinski definition) is 4. The molecule has 6 nitrogen and oxygen atoms in total. The zero-order valence-electron chi connectivity index (χ0n) is 11.8. The van der Waals surface area contributed by atoms with Gasteiger partial charge in [0.15, 0.2) is 0 Å². The van der Waals surface area contributed by atoms with Gasteiger partial charge in [-0.2, -0.15) is 0 Å². The number of benzene rings is 1. The summed E-state index contributed by atoms with van der Waals surface area (Å²) in [5.41, 5.74) is 6.74. The quantitative estimate of drug-likeness (QED) is 0.594. The molecule has 0 aromatic heterocycles. The van der Waals surface area contributed by atoms with E-state index in [1.807, 2.05) is 6.92 Å². The topological polar surface area (TPSA) is 101 Å². The highest BCUT2D eigenvalue weighted by Crippen LogP contribution is 2.07. The van der Waals surface area contributed by atoms with Crippen LogP contribution >= 0.6 is 12.2 Å². The second kappa shape index (κ2) is 8.06. The number of carbonyl (C=O) groups is 1. The Morgan fingerprint density at radius 1 is 1.29 bits per heavy atom. The molecule has 0 unspecified atom stereocenters. The van der Waals surface area contributed by atoms with Crippen LogP contribution in [0.25, 0.3) is 0 Å². The summed E-state index contributed by atoms with van der Waals surface area (Å²) in [5.74, 6) is -0.546. The molecule has 0 saturated heterocycles. The zero-order chi connectivity index (χ0) is 15.9. The van der Waals surface area contributed by atoms with Crippen molar-refractivity contribution < 1.29 is 13.2 Å². The molecule has 1 amide bonds. The van der Waals surface area contributed by atoms with Crippen LogP contribution in [0, 0.1) is 0 Å². The molecule has 0 aliphatic rings. The number of rotatable bonds is 8. The van der Waals surface area contributed by atoms with Crippen molar-refractivity contribution in [3.8, 4) is 0 Å². The van der Waals surface area contributed by atoms with Crippen molar-refractivity contribution in [2.24, 2.45) is 5.73 Å². The van der Waals surface area contributed by atoms with Gasteiger partial charge in [-0.1, -0.05) is 43.4 Å². The highest BCUT2D eigenvalue weighted by atomic mass is 32.2. The molecule has 0 fully saturated rings. The van der Waals surface area contributed by atoms with Gasteiger partial charge in [0, 0.05) is 12.1 Å². The van der Waals surface area contributed by atoms with E-state index in [9.17, 15) is 13.2 Å². The van der Waals surface area contributed by atoms with Gasteiger partial charge in [0.05, 0.1) is 12.3 Å². The number of nitrogens with one attached hydrogen (secondary N) is 2. The Morgan fingerprint density at radius 2 is 1.90 bits per heavy atom. The molecular weight excluding hydrogens is 310 g/mol. The van der Waals surface area contributed by atoms with Crippen LogP contribution in [-0.4, -0.2) is 32.4 Å². The summed E-state index contributed by atoms with van der Waals surface area (Å²) in [6, 6.07) is 6.62. The molecule has 0 spiro atoms.